The number of amidine groups is 1. The summed E-state index contributed by atoms with van der Waals surface area (Å²) in [6.45, 7) is 0. The van der Waals surface area contributed by atoms with Crippen molar-refractivity contribution >= 4 is 27.8 Å². The maximum atomic E-state index is 12.1. The number of nitrogens with zero attached hydrogens (tertiary/aromatic N) is 4. The maximum Gasteiger partial charge on any atom is 0.285 e. The standard InChI is InChI=1S/C17H18N4O2S/c1-20(2)14-8-6-7-13(11-14)12-18-21(3)17-15-9-4-5-10-16(15)24(22,23)19-17/h4-12H,1-3H3/b18-12+. The zero-order valence-electron chi connectivity index (χ0n) is 13.7. The average molecular weight is 342 g/mol. The van der Waals surface area contributed by atoms with Crippen molar-refractivity contribution < 1.29 is 8.42 Å². The van der Waals surface area contributed by atoms with E-state index in [4.69, 9.17) is 0 Å². The van der Waals surface area contributed by atoms with Gasteiger partial charge < -0.3 is 4.90 Å². The molecular weight excluding hydrogens is 324 g/mol. The molecule has 1 aliphatic rings. The highest BCUT2D eigenvalue weighted by molar-refractivity contribution is 7.90. The van der Waals surface area contributed by atoms with Crippen LogP contribution in [0.2, 0.25) is 0 Å². The minimum Gasteiger partial charge on any atom is -0.378 e. The van der Waals surface area contributed by atoms with E-state index in [-0.39, 0.29) is 4.90 Å². The lowest BCUT2D eigenvalue weighted by atomic mass is 10.2. The van der Waals surface area contributed by atoms with E-state index in [1.54, 1.807) is 37.5 Å². The molecule has 24 heavy (non-hydrogen) atoms. The van der Waals surface area contributed by atoms with Crippen molar-refractivity contribution in [1.82, 2.24) is 5.01 Å². The van der Waals surface area contributed by atoms with Gasteiger partial charge in [-0.05, 0) is 29.8 Å². The second-order valence-corrected chi connectivity index (χ2v) is 7.22. The first-order valence-corrected chi connectivity index (χ1v) is 8.82. The predicted molar refractivity (Wildman–Crippen MR) is 96.3 cm³/mol. The van der Waals surface area contributed by atoms with Gasteiger partial charge in [0.05, 0.1) is 6.21 Å². The van der Waals surface area contributed by atoms with Gasteiger partial charge in [-0.3, -0.25) is 0 Å². The summed E-state index contributed by atoms with van der Waals surface area (Å²) >= 11 is 0. The van der Waals surface area contributed by atoms with E-state index in [1.165, 1.54) is 5.01 Å². The van der Waals surface area contributed by atoms with Gasteiger partial charge in [0.25, 0.3) is 10.0 Å². The monoisotopic (exact) mass is 342 g/mol. The van der Waals surface area contributed by atoms with Crippen molar-refractivity contribution in [2.24, 2.45) is 9.50 Å². The second-order valence-electron chi connectivity index (χ2n) is 5.64. The predicted octanol–water partition coefficient (Wildman–Crippen LogP) is 2.17. The van der Waals surface area contributed by atoms with Gasteiger partial charge in [-0.15, -0.1) is 4.40 Å². The molecular formula is C17H18N4O2S. The number of anilines is 1. The Hall–Kier alpha value is -2.67. The topological polar surface area (TPSA) is 65.3 Å². The van der Waals surface area contributed by atoms with Gasteiger partial charge >= 0.3 is 0 Å². The smallest absolute Gasteiger partial charge is 0.285 e. The Bertz CT molecular complexity index is 933. The van der Waals surface area contributed by atoms with Crippen LogP contribution in [0.5, 0.6) is 0 Å². The molecule has 0 bridgehead atoms. The third-order valence-corrected chi connectivity index (χ3v) is 5.01. The zero-order valence-corrected chi connectivity index (χ0v) is 14.5. The molecule has 0 unspecified atom stereocenters. The van der Waals surface area contributed by atoms with Gasteiger partial charge in [0.15, 0.2) is 5.84 Å². The quantitative estimate of drug-likeness (QED) is 0.633. The Morgan fingerprint density at radius 1 is 1.04 bits per heavy atom. The third-order valence-electron chi connectivity index (χ3n) is 3.69. The van der Waals surface area contributed by atoms with Crippen molar-refractivity contribution in [2.75, 3.05) is 26.0 Å². The van der Waals surface area contributed by atoms with Crippen molar-refractivity contribution in [2.45, 2.75) is 4.90 Å². The average Bonchev–Trinajstić information content (AvgIpc) is 2.85. The van der Waals surface area contributed by atoms with Crippen LogP contribution in [-0.4, -0.2) is 46.6 Å². The number of benzene rings is 2. The van der Waals surface area contributed by atoms with Crippen molar-refractivity contribution in [3.63, 3.8) is 0 Å². The molecule has 1 heterocycles. The number of fused-ring (bicyclic) bond motifs is 1. The molecule has 0 spiro atoms. The first kappa shape index (κ1) is 16.2. The molecule has 0 atom stereocenters. The molecule has 2 aromatic rings. The fourth-order valence-electron chi connectivity index (χ4n) is 2.41. The molecule has 3 rings (SSSR count). The molecule has 7 heteroatoms. The Morgan fingerprint density at radius 3 is 2.54 bits per heavy atom. The Kier molecular flexibility index (Phi) is 4.11. The Morgan fingerprint density at radius 2 is 1.79 bits per heavy atom. The van der Waals surface area contributed by atoms with Crippen LogP contribution in [0.3, 0.4) is 0 Å². The summed E-state index contributed by atoms with van der Waals surface area (Å²) in [7, 11) is 1.99. The molecule has 6 nitrogen and oxygen atoms in total. The van der Waals surface area contributed by atoms with E-state index in [2.05, 4.69) is 9.50 Å². The van der Waals surface area contributed by atoms with Crippen LogP contribution in [0.4, 0.5) is 5.69 Å². The first-order valence-electron chi connectivity index (χ1n) is 7.38. The number of rotatable bonds is 3. The lowest BCUT2D eigenvalue weighted by molar-refractivity contribution is 0.549. The molecule has 0 saturated carbocycles. The minimum atomic E-state index is -3.63. The molecule has 0 fully saturated rings. The fraction of sp³-hybridized carbons (Fsp3) is 0.176. The number of hydrogen-bond acceptors (Lipinski definition) is 5. The second kappa shape index (κ2) is 6.09. The first-order chi connectivity index (χ1) is 11.4. The minimum absolute atomic E-state index is 0.219. The highest BCUT2D eigenvalue weighted by atomic mass is 32.2. The van der Waals surface area contributed by atoms with Gasteiger partial charge in [-0.25, -0.2) is 5.01 Å². The van der Waals surface area contributed by atoms with E-state index >= 15 is 0 Å². The van der Waals surface area contributed by atoms with Crippen LogP contribution in [0.25, 0.3) is 0 Å². The van der Waals surface area contributed by atoms with Gasteiger partial charge in [-0.1, -0.05) is 24.3 Å². The molecule has 1 aliphatic heterocycles. The van der Waals surface area contributed by atoms with Crippen molar-refractivity contribution in [3.8, 4) is 0 Å². The van der Waals surface area contributed by atoms with E-state index in [1.807, 2.05) is 43.3 Å². The molecule has 0 saturated heterocycles. The summed E-state index contributed by atoms with van der Waals surface area (Å²) in [5.74, 6) is 0.325. The van der Waals surface area contributed by atoms with Gasteiger partial charge in [-0.2, -0.15) is 13.5 Å². The van der Waals surface area contributed by atoms with Crippen LogP contribution in [0.15, 0.2) is 62.9 Å². The van der Waals surface area contributed by atoms with Gasteiger partial charge in [0.1, 0.15) is 4.90 Å². The van der Waals surface area contributed by atoms with E-state index < -0.39 is 10.0 Å². The third kappa shape index (κ3) is 3.03. The maximum absolute atomic E-state index is 12.1. The zero-order chi connectivity index (χ0) is 17.3. The van der Waals surface area contributed by atoms with Crippen LogP contribution >= 0.6 is 0 Å². The van der Waals surface area contributed by atoms with Gasteiger partial charge in [0.2, 0.25) is 0 Å². The van der Waals surface area contributed by atoms with Crippen molar-refractivity contribution in [1.29, 1.82) is 0 Å². The summed E-state index contributed by atoms with van der Waals surface area (Å²) in [6, 6.07) is 14.6. The van der Waals surface area contributed by atoms with Crippen molar-refractivity contribution in [3.05, 3.63) is 59.7 Å². The summed E-state index contributed by atoms with van der Waals surface area (Å²) in [5.41, 5.74) is 2.55. The van der Waals surface area contributed by atoms with Gasteiger partial charge in [0, 0.05) is 32.4 Å². The number of hydrazone groups is 1. The van der Waals surface area contributed by atoms with E-state index in [9.17, 15) is 8.42 Å². The fourth-order valence-corrected chi connectivity index (χ4v) is 3.64. The molecule has 0 aliphatic carbocycles. The van der Waals surface area contributed by atoms with Crippen LogP contribution < -0.4 is 4.90 Å². The Labute approximate surface area is 141 Å². The lowest BCUT2D eigenvalue weighted by Gasteiger charge is -2.14. The van der Waals surface area contributed by atoms with Crippen LogP contribution in [-0.2, 0) is 10.0 Å². The molecule has 124 valence electrons. The largest absolute Gasteiger partial charge is 0.378 e. The number of hydrogen-bond donors (Lipinski definition) is 0. The highest BCUT2D eigenvalue weighted by Gasteiger charge is 2.30. The molecule has 0 radical (unpaired) electrons. The van der Waals surface area contributed by atoms with Crippen LogP contribution in [0, 0.1) is 0 Å². The molecule has 2 aromatic carbocycles. The summed E-state index contributed by atoms with van der Waals surface area (Å²) in [4.78, 5) is 2.22. The molecule has 0 N–H and O–H groups in total. The normalized spacial score (nSPS) is 15.2. The van der Waals surface area contributed by atoms with Crippen LogP contribution in [0.1, 0.15) is 11.1 Å². The molecule has 0 aromatic heterocycles. The summed E-state index contributed by atoms with van der Waals surface area (Å²) in [5, 5.41) is 5.81. The number of sulfonamides is 1. The molecule has 0 amide bonds. The SMILES string of the molecule is CN(/N=C/c1cccc(N(C)C)c1)C1=NS(=O)(=O)c2ccccc21. The Balaban J connectivity index is 1.89. The summed E-state index contributed by atoms with van der Waals surface area (Å²) < 4.78 is 28.0. The van der Waals surface area contributed by atoms with E-state index in [0.29, 0.717) is 11.4 Å². The highest BCUT2D eigenvalue weighted by Crippen LogP contribution is 2.27. The van der Waals surface area contributed by atoms with E-state index in [0.717, 1.165) is 11.3 Å². The lowest BCUT2D eigenvalue weighted by Crippen LogP contribution is -2.21. The summed E-state index contributed by atoms with van der Waals surface area (Å²) in [6.07, 6.45) is 1.68.